The van der Waals surface area contributed by atoms with Crippen LogP contribution in [0.3, 0.4) is 0 Å². The van der Waals surface area contributed by atoms with E-state index >= 15 is 0 Å². The number of hydrogen-bond acceptors (Lipinski definition) is 5. The molecule has 0 bridgehead atoms. The van der Waals surface area contributed by atoms with Crippen LogP contribution in [0.2, 0.25) is 0 Å². The summed E-state index contributed by atoms with van der Waals surface area (Å²) in [5.41, 5.74) is 4.49. The van der Waals surface area contributed by atoms with Crippen LogP contribution in [0.1, 0.15) is 22.8 Å². The fourth-order valence-electron chi connectivity index (χ4n) is 4.31. The molecule has 0 aromatic heterocycles. The number of thioether (sulfide) groups is 1. The Labute approximate surface area is 204 Å². The van der Waals surface area contributed by atoms with Crippen LogP contribution in [0.25, 0.3) is 0 Å². The van der Waals surface area contributed by atoms with E-state index in [1.165, 1.54) is 23.0 Å². The zero-order valence-corrected chi connectivity index (χ0v) is 20.0. The van der Waals surface area contributed by atoms with Crippen LogP contribution in [0, 0.1) is 0 Å². The summed E-state index contributed by atoms with van der Waals surface area (Å²) in [6.45, 7) is 6.88. The molecule has 6 nitrogen and oxygen atoms in total. The number of hydrogen-bond donors (Lipinski definition) is 2. The summed E-state index contributed by atoms with van der Waals surface area (Å²) in [7, 11) is 0. The molecule has 2 aliphatic heterocycles. The van der Waals surface area contributed by atoms with Gasteiger partial charge in [-0.15, -0.1) is 11.8 Å². The zero-order valence-electron chi connectivity index (χ0n) is 19.2. The van der Waals surface area contributed by atoms with E-state index in [0.29, 0.717) is 11.3 Å². The van der Waals surface area contributed by atoms with Crippen molar-refractivity contribution in [3.8, 4) is 0 Å². The molecule has 5 rings (SSSR count). The van der Waals surface area contributed by atoms with Gasteiger partial charge in [-0.1, -0.05) is 30.3 Å². The van der Waals surface area contributed by atoms with Crippen molar-refractivity contribution >= 4 is 40.6 Å². The van der Waals surface area contributed by atoms with Crippen LogP contribution in [0.4, 0.5) is 17.1 Å². The molecule has 2 heterocycles. The van der Waals surface area contributed by atoms with Gasteiger partial charge in [-0.3, -0.25) is 14.5 Å². The summed E-state index contributed by atoms with van der Waals surface area (Å²) >= 11 is 1.51. The van der Waals surface area contributed by atoms with Crippen LogP contribution in [-0.4, -0.2) is 48.1 Å². The maximum absolute atomic E-state index is 12.8. The van der Waals surface area contributed by atoms with Crippen molar-refractivity contribution in [3.63, 3.8) is 0 Å². The zero-order chi connectivity index (χ0) is 23.5. The molecule has 1 unspecified atom stereocenters. The van der Waals surface area contributed by atoms with Crippen molar-refractivity contribution < 1.29 is 9.59 Å². The molecular weight excluding hydrogens is 444 g/mol. The van der Waals surface area contributed by atoms with Gasteiger partial charge in [0.05, 0.1) is 10.9 Å². The Morgan fingerprint density at radius 2 is 1.74 bits per heavy atom. The number of benzene rings is 3. The lowest BCUT2D eigenvalue weighted by Crippen LogP contribution is -2.45. The first kappa shape index (κ1) is 22.5. The van der Waals surface area contributed by atoms with Gasteiger partial charge in [-0.05, 0) is 55.0 Å². The second kappa shape index (κ2) is 9.91. The maximum atomic E-state index is 12.8. The molecule has 0 radical (unpaired) electrons. The number of piperazine rings is 1. The first-order chi connectivity index (χ1) is 16.5. The van der Waals surface area contributed by atoms with Gasteiger partial charge in [0, 0.05) is 54.6 Å². The quantitative estimate of drug-likeness (QED) is 0.564. The van der Waals surface area contributed by atoms with E-state index in [9.17, 15) is 9.59 Å². The summed E-state index contributed by atoms with van der Waals surface area (Å²) in [5.74, 6) is -0.227. The fraction of sp³-hybridized carbons (Fsp3) is 0.259. The third-order valence-electron chi connectivity index (χ3n) is 6.28. The van der Waals surface area contributed by atoms with Crippen LogP contribution < -0.4 is 15.5 Å². The van der Waals surface area contributed by atoms with Crippen LogP contribution in [0.15, 0.2) is 77.7 Å². The Balaban J connectivity index is 1.16. The van der Waals surface area contributed by atoms with Crippen LogP contribution in [0.5, 0.6) is 0 Å². The van der Waals surface area contributed by atoms with Gasteiger partial charge in [0.1, 0.15) is 0 Å². The van der Waals surface area contributed by atoms with E-state index in [1.807, 2.05) is 25.1 Å². The van der Waals surface area contributed by atoms with E-state index in [2.05, 4.69) is 62.9 Å². The maximum Gasteiger partial charge on any atom is 0.255 e. The molecule has 174 valence electrons. The van der Waals surface area contributed by atoms with Crippen LogP contribution in [-0.2, 0) is 11.3 Å². The first-order valence-electron chi connectivity index (χ1n) is 11.6. The third-order valence-corrected chi connectivity index (χ3v) is 7.46. The molecule has 1 saturated heterocycles. The van der Waals surface area contributed by atoms with Crippen molar-refractivity contribution in [3.05, 3.63) is 83.9 Å². The van der Waals surface area contributed by atoms with E-state index in [-0.39, 0.29) is 17.1 Å². The lowest BCUT2D eigenvalue weighted by molar-refractivity contribution is -0.115. The van der Waals surface area contributed by atoms with Gasteiger partial charge in [0.2, 0.25) is 5.91 Å². The molecule has 2 amide bonds. The summed E-state index contributed by atoms with van der Waals surface area (Å²) in [6, 6.07) is 24.1. The second-order valence-corrected chi connectivity index (χ2v) is 10.1. The molecule has 0 saturated carbocycles. The molecule has 0 spiro atoms. The molecular formula is C27H28N4O2S. The Bertz CT molecular complexity index is 1170. The number of nitrogens with one attached hydrogen (secondary N) is 2. The molecule has 3 aromatic carbocycles. The molecule has 2 aliphatic rings. The highest BCUT2D eigenvalue weighted by Gasteiger charge is 2.24. The van der Waals surface area contributed by atoms with Crippen molar-refractivity contribution in [1.82, 2.24) is 4.90 Å². The largest absolute Gasteiger partial charge is 0.369 e. The minimum atomic E-state index is -0.192. The highest BCUT2D eigenvalue weighted by Crippen LogP contribution is 2.36. The standard InChI is InChI=1S/C27H28N4O2S/c1-19-26(32)29-24-17-21(7-12-25(24)34-19)27(33)28-22-8-10-23(11-9-22)31-15-13-30(14-16-31)18-20-5-3-2-4-6-20/h2-12,17,19H,13-16,18H2,1H3,(H,28,33)(H,29,32). The Morgan fingerprint density at radius 3 is 2.47 bits per heavy atom. The number of amides is 2. The summed E-state index contributed by atoms with van der Waals surface area (Å²) in [4.78, 5) is 30.6. The first-order valence-corrected chi connectivity index (χ1v) is 12.5. The predicted molar refractivity (Wildman–Crippen MR) is 139 cm³/mol. The minimum Gasteiger partial charge on any atom is -0.369 e. The van der Waals surface area contributed by atoms with E-state index in [0.717, 1.165) is 43.3 Å². The van der Waals surface area contributed by atoms with E-state index in [1.54, 1.807) is 12.1 Å². The van der Waals surface area contributed by atoms with Gasteiger partial charge < -0.3 is 15.5 Å². The van der Waals surface area contributed by atoms with Crippen LogP contribution >= 0.6 is 11.8 Å². The van der Waals surface area contributed by atoms with Gasteiger partial charge in [-0.2, -0.15) is 0 Å². The average Bonchev–Trinajstić information content (AvgIpc) is 2.86. The van der Waals surface area contributed by atoms with Gasteiger partial charge in [0.15, 0.2) is 0 Å². The topological polar surface area (TPSA) is 64.7 Å². The average molecular weight is 473 g/mol. The van der Waals surface area contributed by atoms with Gasteiger partial charge in [-0.25, -0.2) is 0 Å². The summed E-state index contributed by atoms with van der Waals surface area (Å²) in [6.07, 6.45) is 0. The van der Waals surface area contributed by atoms with Gasteiger partial charge >= 0.3 is 0 Å². The molecule has 1 atom stereocenters. The predicted octanol–water partition coefficient (Wildman–Crippen LogP) is 4.69. The Morgan fingerprint density at radius 1 is 1.00 bits per heavy atom. The molecule has 7 heteroatoms. The second-order valence-electron chi connectivity index (χ2n) is 8.71. The number of nitrogens with zero attached hydrogens (tertiary/aromatic N) is 2. The summed E-state index contributed by atoms with van der Waals surface area (Å²) in [5, 5.41) is 5.72. The smallest absolute Gasteiger partial charge is 0.255 e. The lowest BCUT2D eigenvalue weighted by atomic mass is 10.1. The third kappa shape index (κ3) is 5.11. The fourth-order valence-corrected chi connectivity index (χ4v) is 5.25. The van der Waals surface area contributed by atoms with Crippen molar-refractivity contribution in [2.75, 3.05) is 41.7 Å². The monoisotopic (exact) mass is 472 g/mol. The normalized spacial score (nSPS) is 18.2. The van der Waals surface area contributed by atoms with Gasteiger partial charge in [0.25, 0.3) is 5.91 Å². The van der Waals surface area contributed by atoms with Crippen molar-refractivity contribution in [2.45, 2.75) is 23.6 Å². The number of fused-ring (bicyclic) bond motifs is 1. The number of carbonyl (C=O) groups is 2. The van der Waals surface area contributed by atoms with E-state index in [4.69, 9.17) is 0 Å². The Hall–Kier alpha value is -3.29. The Kier molecular flexibility index (Phi) is 6.56. The number of carbonyl (C=O) groups excluding carboxylic acids is 2. The molecule has 2 N–H and O–H groups in total. The minimum absolute atomic E-state index is 0.0356. The molecule has 0 aliphatic carbocycles. The highest BCUT2D eigenvalue weighted by atomic mass is 32.2. The lowest BCUT2D eigenvalue weighted by Gasteiger charge is -2.36. The number of rotatable bonds is 5. The van der Waals surface area contributed by atoms with Crippen molar-refractivity contribution in [1.29, 1.82) is 0 Å². The molecule has 1 fully saturated rings. The SMILES string of the molecule is CC1Sc2ccc(C(=O)Nc3ccc(N4CCN(Cc5ccccc5)CC4)cc3)cc2NC1=O. The molecule has 34 heavy (non-hydrogen) atoms. The number of anilines is 3. The van der Waals surface area contributed by atoms with Crippen molar-refractivity contribution in [2.24, 2.45) is 0 Å². The molecule has 3 aromatic rings. The highest BCUT2D eigenvalue weighted by molar-refractivity contribution is 8.00. The summed E-state index contributed by atoms with van der Waals surface area (Å²) < 4.78 is 0. The van der Waals surface area contributed by atoms with E-state index < -0.39 is 0 Å².